The zero-order valence-electron chi connectivity index (χ0n) is 13.6. The molecule has 0 aromatic heterocycles. The molecule has 4 nitrogen and oxygen atoms in total. The van der Waals surface area contributed by atoms with Gasteiger partial charge in [0.15, 0.2) is 5.96 Å². The molecule has 1 heterocycles. The van der Waals surface area contributed by atoms with Crippen molar-refractivity contribution < 1.29 is 13.2 Å². The summed E-state index contributed by atoms with van der Waals surface area (Å²) < 4.78 is 38.2. The minimum absolute atomic E-state index is 0. The molecule has 1 aliphatic carbocycles. The standard InChI is InChI=1S/C14H25F3N4.HI/c1-10(14(15,16)17)20-5-7-21(8-6-20)12(18-4)19-11-9-13(11,2)3;/h10-11H,5-9H2,1-4H3,(H,18,19);1H. The van der Waals surface area contributed by atoms with Gasteiger partial charge in [-0.2, -0.15) is 13.2 Å². The molecule has 0 amide bonds. The van der Waals surface area contributed by atoms with Gasteiger partial charge in [-0.25, -0.2) is 0 Å². The minimum atomic E-state index is -4.15. The average Bonchev–Trinajstić information content (AvgIpc) is 3.01. The lowest BCUT2D eigenvalue weighted by Gasteiger charge is -2.39. The number of nitrogens with zero attached hydrogens (tertiary/aromatic N) is 3. The van der Waals surface area contributed by atoms with E-state index in [9.17, 15) is 13.2 Å². The van der Waals surface area contributed by atoms with Crippen molar-refractivity contribution in [3.8, 4) is 0 Å². The Labute approximate surface area is 147 Å². The molecular formula is C14H26F3IN4. The summed E-state index contributed by atoms with van der Waals surface area (Å²) in [6.07, 6.45) is -3.04. The Morgan fingerprint density at radius 3 is 2.09 bits per heavy atom. The van der Waals surface area contributed by atoms with Crippen LogP contribution in [0.15, 0.2) is 4.99 Å². The molecule has 22 heavy (non-hydrogen) atoms. The normalized spacial score (nSPS) is 27.1. The van der Waals surface area contributed by atoms with Gasteiger partial charge in [-0.15, -0.1) is 24.0 Å². The SMILES string of the molecule is CN=C(NC1CC1(C)C)N1CCN(C(C)C(F)(F)F)CC1.I. The van der Waals surface area contributed by atoms with Gasteiger partial charge < -0.3 is 10.2 Å². The highest BCUT2D eigenvalue weighted by molar-refractivity contribution is 14.0. The van der Waals surface area contributed by atoms with Crippen molar-refractivity contribution in [3.63, 3.8) is 0 Å². The van der Waals surface area contributed by atoms with Crippen LogP contribution < -0.4 is 5.32 Å². The quantitative estimate of drug-likeness (QED) is 0.412. The lowest BCUT2D eigenvalue weighted by molar-refractivity contribution is -0.181. The fourth-order valence-corrected chi connectivity index (χ4v) is 2.69. The van der Waals surface area contributed by atoms with Crippen molar-refractivity contribution in [1.29, 1.82) is 0 Å². The number of hydrogen-bond donors (Lipinski definition) is 1. The van der Waals surface area contributed by atoms with E-state index in [0.29, 0.717) is 37.6 Å². The van der Waals surface area contributed by atoms with E-state index >= 15 is 0 Å². The maximum Gasteiger partial charge on any atom is 0.403 e. The van der Waals surface area contributed by atoms with Gasteiger partial charge in [-0.1, -0.05) is 13.8 Å². The molecule has 2 unspecified atom stereocenters. The molecule has 2 fully saturated rings. The van der Waals surface area contributed by atoms with E-state index in [0.717, 1.165) is 12.4 Å². The monoisotopic (exact) mass is 434 g/mol. The van der Waals surface area contributed by atoms with Gasteiger partial charge in [0.05, 0.1) is 0 Å². The molecule has 0 radical (unpaired) electrons. The highest BCUT2D eigenvalue weighted by atomic mass is 127. The third-order valence-corrected chi connectivity index (χ3v) is 4.66. The van der Waals surface area contributed by atoms with Crippen LogP contribution in [0.5, 0.6) is 0 Å². The summed E-state index contributed by atoms with van der Waals surface area (Å²) in [5, 5.41) is 3.41. The first-order valence-electron chi connectivity index (χ1n) is 7.44. The van der Waals surface area contributed by atoms with E-state index < -0.39 is 12.2 Å². The third-order valence-electron chi connectivity index (χ3n) is 4.66. The van der Waals surface area contributed by atoms with Crippen LogP contribution in [0.25, 0.3) is 0 Å². The van der Waals surface area contributed by atoms with Crippen molar-refractivity contribution in [2.75, 3.05) is 33.2 Å². The molecule has 2 atom stereocenters. The van der Waals surface area contributed by atoms with Gasteiger partial charge in [0.1, 0.15) is 6.04 Å². The lowest BCUT2D eigenvalue weighted by Crippen LogP contribution is -2.57. The highest BCUT2D eigenvalue weighted by Crippen LogP contribution is 2.44. The van der Waals surface area contributed by atoms with Crippen molar-refractivity contribution >= 4 is 29.9 Å². The number of halogens is 4. The largest absolute Gasteiger partial charge is 0.403 e. The van der Waals surface area contributed by atoms with Crippen molar-refractivity contribution in [1.82, 2.24) is 15.1 Å². The maximum absolute atomic E-state index is 12.7. The fraction of sp³-hybridized carbons (Fsp3) is 0.929. The number of piperazine rings is 1. The smallest absolute Gasteiger partial charge is 0.353 e. The van der Waals surface area contributed by atoms with Crippen LogP contribution in [-0.2, 0) is 0 Å². The van der Waals surface area contributed by atoms with Gasteiger partial charge in [0.25, 0.3) is 0 Å². The molecule has 1 saturated heterocycles. The van der Waals surface area contributed by atoms with Crippen LogP contribution in [0, 0.1) is 5.41 Å². The van der Waals surface area contributed by atoms with Gasteiger partial charge in [0, 0.05) is 39.3 Å². The lowest BCUT2D eigenvalue weighted by atomic mass is 10.2. The molecular weight excluding hydrogens is 408 g/mol. The molecule has 0 bridgehead atoms. The van der Waals surface area contributed by atoms with E-state index in [2.05, 4.69) is 24.2 Å². The van der Waals surface area contributed by atoms with Crippen LogP contribution in [-0.4, -0.2) is 67.2 Å². The van der Waals surface area contributed by atoms with Crippen LogP contribution in [0.2, 0.25) is 0 Å². The molecule has 0 aromatic carbocycles. The number of nitrogens with one attached hydrogen (secondary N) is 1. The predicted molar refractivity (Wildman–Crippen MR) is 92.8 cm³/mol. The molecule has 0 spiro atoms. The number of aliphatic imine (C=N–C) groups is 1. The van der Waals surface area contributed by atoms with Crippen LogP contribution >= 0.6 is 24.0 Å². The first-order chi connectivity index (χ1) is 9.65. The van der Waals surface area contributed by atoms with Crippen molar-refractivity contribution in [3.05, 3.63) is 0 Å². The zero-order chi connectivity index (χ0) is 15.8. The van der Waals surface area contributed by atoms with Crippen LogP contribution in [0.1, 0.15) is 27.2 Å². The van der Waals surface area contributed by atoms with E-state index in [-0.39, 0.29) is 24.0 Å². The molecule has 8 heteroatoms. The molecule has 2 aliphatic rings. The number of alkyl halides is 3. The second kappa shape index (κ2) is 7.11. The van der Waals surface area contributed by atoms with Gasteiger partial charge in [0.2, 0.25) is 0 Å². The van der Waals surface area contributed by atoms with Crippen molar-refractivity contribution in [2.24, 2.45) is 10.4 Å². The Hall–Kier alpha value is -0.250. The number of hydrogen-bond acceptors (Lipinski definition) is 2. The summed E-state index contributed by atoms with van der Waals surface area (Å²) in [4.78, 5) is 7.81. The number of guanidine groups is 1. The third kappa shape index (κ3) is 4.62. The summed E-state index contributed by atoms with van der Waals surface area (Å²) in [6, 6.07) is -0.958. The Bertz CT molecular complexity index is 403. The maximum atomic E-state index is 12.7. The summed E-state index contributed by atoms with van der Waals surface area (Å²) in [5.41, 5.74) is 0.294. The summed E-state index contributed by atoms with van der Waals surface area (Å²) in [7, 11) is 1.72. The van der Waals surface area contributed by atoms with E-state index in [1.165, 1.54) is 11.8 Å². The Balaban J connectivity index is 0.00000242. The molecule has 2 rings (SSSR count). The van der Waals surface area contributed by atoms with Crippen LogP contribution in [0.4, 0.5) is 13.2 Å². The first-order valence-corrected chi connectivity index (χ1v) is 7.44. The predicted octanol–water partition coefficient (Wildman–Crippen LogP) is 2.55. The van der Waals surface area contributed by atoms with Gasteiger partial charge >= 0.3 is 6.18 Å². The number of rotatable bonds is 2. The van der Waals surface area contributed by atoms with Gasteiger partial charge in [-0.05, 0) is 18.8 Å². The average molecular weight is 434 g/mol. The molecule has 1 N–H and O–H groups in total. The Morgan fingerprint density at radius 1 is 1.23 bits per heavy atom. The fourth-order valence-electron chi connectivity index (χ4n) is 2.69. The van der Waals surface area contributed by atoms with Crippen molar-refractivity contribution in [2.45, 2.75) is 45.5 Å². The molecule has 1 aliphatic heterocycles. The summed E-state index contributed by atoms with van der Waals surface area (Å²) in [6.45, 7) is 7.60. The Morgan fingerprint density at radius 2 is 1.73 bits per heavy atom. The van der Waals surface area contributed by atoms with E-state index in [4.69, 9.17) is 0 Å². The summed E-state index contributed by atoms with van der Waals surface area (Å²) in [5.74, 6) is 0.810. The second-order valence-electron chi connectivity index (χ2n) is 6.68. The Kier molecular flexibility index (Phi) is 6.39. The van der Waals surface area contributed by atoms with Crippen LogP contribution in [0.3, 0.4) is 0 Å². The molecule has 130 valence electrons. The first kappa shape index (κ1) is 19.8. The van der Waals surface area contributed by atoms with Gasteiger partial charge in [-0.3, -0.25) is 9.89 Å². The molecule has 0 aromatic rings. The summed E-state index contributed by atoms with van der Waals surface area (Å²) >= 11 is 0. The highest BCUT2D eigenvalue weighted by Gasteiger charge is 2.47. The molecule has 1 saturated carbocycles. The topological polar surface area (TPSA) is 30.9 Å². The zero-order valence-corrected chi connectivity index (χ0v) is 15.9. The minimum Gasteiger partial charge on any atom is -0.353 e. The van der Waals surface area contributed by atoms with E-state index in [1.807, 2.05) is 4.90 Å². The second-order valence-corrected chi connectivity index (χ2v) is 6.68. The van der Waals surface area contributed by atoms with E-state index in [1.54, 1.807) is 7.05 Å².